The van der Waals surface area contributed by atoms with E-state index >= 15 is 0 Å². The van der Waals surface area contributed by atoms with Crippen LogP contribution in [0.5, 0.6) is 0 Å². The average Bonchev–Trinajstić information content (AvgIpc) is 3.00. The first kappa shape index (κ1) is 18.3. The van der Waals surface area contributed by atoms with Crippen molar-refractivity contribution >= 4 is 43.7 Å². The van der Waals surface area contributed by atoms with Gasteiger partial charge in [0.25, 0.3) is 5.56 Å². The van der Waals surface area contributed by atoms with Gasteiger partial charge in [0.15, 0.2) is 0 Å². The normalized spacial score (nSPS) is 14.7. The lowest BCUT2D eigenvalue weighted by Gasteiger charge is -2.13. The number of allylic oxidation sites excluding steroid dienone is 3. The maximum absolute atomic E-state index is 12.9. The summed E-state index contributed by atoms with van der Waals surface area (Å²) in [6, 6.07) is 1.95. The van der Waals surface area contributed by atoms with Gasteiger partial charge in [0.05, 0.1) is 16.6 Å². The predicted octanol–water partition coefficient (Wildman–Crippen LogP) is 4.39. The van der Waals surface area contributed by atoms with Crippen LogP contribution in [0.1, 0.15) is 20.8 Å². The summed E-state index contributed by atoms with van der Waals surface area (Å²) in [6.45, 7) is 6.33. The molecule has 2 unspecified atom stereocenters. The summed E-state index contributed by atoms with van der Waals surface area (Å²) in [5, 5.41) is 0.945. The molecule has 6 heteroatoms. The quantitative estimate of drug-likeness (QED) is 0.627. The highest BCUT2D eigenvalue weighted by atomic mass is 32.1. The van der Waals surface area contributed by atoms with Crippen molar-refractivity contribution in [2.45, 2.75) is 20.8 Å². The molecule has 3 aromatic heterocycles. The molecule has 3 rings (SSSR count). The minimum atomic E-state index is -0.0511. The van der Waals surface area contributed by atoms with Crippen molar-refractivity contribution in [2.24, 2.45) is 11.8 Å². The van der Waals surface area contributed by atoms with E-state index in [0.717, 1.165) is 21.4 Å². The Hall–Kier alpha value is -2.47. The summed E-state index contributed by atoms with van der Waals surface area (Å²) < 4.78 is 2.20. The second-order valence-electron chi connectivity index (χ2n) is 6.73. The van der Waals surface area contributed by atoms with Crippen molar-refractivity contribution in [3.8, 4) is 0 Å². The van der Waals surface area contributed by atoms with E-state index in [-0.39, 0.29) is 5.56 Å². The molecule has 3 aromatic rings. The minimum absolute atomic E-state index is 0.0511. The molecule has 0 N–H and O–H groups in total. The molecule has 5 nitrogen and oxygen atoms in total. The van der Waals surface area contributed by atoms with E-state index in [0.29, 0.717) is 16.5 Å². The monoisotopic (exact) mass is 368 g/mol. The standard InChI is InChI=1S/C20H24N4OS/c1-6-7-13(2)14(3)9-11-24-12-22-17-16-15(23(4)5)8-10-21-19(16)26-18(17)20(24)25/h6-14H,1-5H3/b7-6-,11-9+. The van der Waals surface area contributed by atoms with Crippen LogP contribution in [0.2, 0.25) is 0 Å². The van der Waals surface area contributed by atoms with E-state index in [4.69, 9.17) is 0 Å². The molecule has 0 saturated heterocycles. The average molecular weight is 369 g/mol. The topological polar surface area (TPSA) is 51.0 Å². The van der Waals surface area contributed by atoms with Gasteiger partial charge in [-0.15, -0.1) is 11.3 Å². The fourth-order valence-corrected chi connectivity index (χ4v) is 3.97. The van der Waals surface area contributed by atoms with Crippen LogP contribution >= 0.6 is 11.3 Å². The molecule has 0 aliphatic carbocycles. The Morgan fingerprint density at radius 1 is 1.19 bits per heavy atom. The second-order valence-corrected chi connectivity index (χ2v) is 7.73. The molecule has 0 saturated carbocycles. The molecule has 0 aromatic carbocycles. The molecular weight excluding hydrogens is 344 g/mol. The molecule has 26 heavy (non-hydrogen) atoms. The zero-order chi connectivity index (χ0) is 18.8. The molecule has 0 amide bonds. The van der Waals surface area contributed by atoms with E-state index in [2.05, 4.69) is 42.0 Å². The van der Waals surface area contributed by atoms with E-state index in [1.165, 1.54) is 11.3 Å². The van der Waals surface area contributed by atoms with Gasteiger partial charge in [-0.3, -0.25) is 9.36 Å². The Kier molecular flexibility index (Phi) is 5.23. The Bertz CT molecular complexity index is 1050. The summed E-state index contributed by atoms with van der Waals surface area (Å²) in [5.41, 5.74) is 1.70. The minimum Gasteiger partial charge on any atom is -0.377 e. The highest BCUT2D eigenvalue weighted by Crippen LogP contribution is 2.34. The van der Waals surface area contributed by atoms with Gasteiger partial charge in [0.1, 0.15) is 15.9 Å². The molecule has 3 heterocycles. The molecule has 0 spiro atoms. The van der Waals surface area contributed by atoms with Crippen molar-refractivity contribution < 1.29 is 0 Å². The van der Waals surface area contributed by atoms with Crippen LogP contribution in [0.25, 0.3) is 26.6 Å². The first-order chi connectivity index (χ1) is 12.4. The number of aromatic nitrogens is 3. The Morgan fingerprint density at radius 2 is 1.92 bits per heavy atom. The number of pyridine rings is 1. The lowest BCUT2D eigenvalue weighted by molar-refractivity contribution is 0.558. The van der Waals surface area contributed by atoms with Crippen LogP contribution in [0.15, 0.2) is 41.6 Å². The Balaban J connectivity index is 2.09. The van der Waals surface area contributed by atoms with Crippen LogP contribution in [0, 0.1) is 11.8 Å². The zero-order valence-electron chi connectivity index (χ0n) is 15.8. The van der Waals surface area contributed by atoms with Gasteiger partial charge in [0.2, 0.25) is 0 Å². The molecule has 136 valence electrons. The Labute approximate surface area is 157 Å². The number of hydrogen-bond donors (Lipinski definition) is 0. The van der Waals surface area contributed by atoms with Crippen LogP contribution in [0.4, 0.5) is 5.69 Å². The number of thiophene rings is 1. The van der Waals surface area contributed by atoms with Crippen LogP contribution in [0.3, 0.4) is 0 Å². The first-order valence-electron chi connectivity index (χ1n) is 8.70. The van der Waals surface area contributed by atoms with Gasteiger partial charge >= 0.3 is 0 Å². The largest absolute Gasteiger partial charge is 0.377 e. The molecule has 0 fully saturated rings. The predicted molar refractivity (Wildman–Crippen MR) is 112 cm³/mol. The van der Waals surface area contributed by atoms with Crippen molar-refractivity contribution in [1.82, 2.24) is 14.5 Å². The van der Waals surface area contributed by atoms with E-state index in [1.54, 1.807) is 17.1 Å². The highest BCUT2D eigenvalue weighted by Gasteiger charge is 2.16. The number of nitrogens with zero attached hydrogens (tertiary/aromatic N) is 4. The molecule has 0 bridgehead atoms. The molecule has 2 atom stereocenters. The van der Waals surface area contributed by atoms with Gasteiger partial charge in [0, 0.05) is 26.5 Å². The number of anilines is 1. The van der Waals surface area contributed by atoms with Gasteiger partial charge in [-0.25, -0.2) is 9.97 Å². The van der Waals surface area contributed by atoms with E-state index < -0.39 is 0 Å². The highest BCUT2D eigenvalue weighted by molar-refractivity contribution is 7.25. The fraction of sp³-hybridized carbons (Fsp3) is 0.350. The maximum atomic E-state index is 12.9. The zero-order valence-corrected chi connectivity index (χ0v) is 16.6. The fourth-order valence-electron chi connectivity index (χ4n) is 2.91. The third-order valence-corrected chi connectivity index (χ3v) is 5.72. The second kappa shape index (κ2) is 7.41. The van der Waals surface area contributed by atoms with Crippen molar-refractivity contribution in [1.29, 1.82) is 0 Å². The SMILES string of the molecule is C/C=C\C(C)C(C)/C=C/n1cnc2c(sc3nccc(N(C)C)c32)c1=O. The number of hydrogen-bond acceptors (Lipinski definition) is 5. The third-order valence-electron chi connectivity index (χ3n) is 4.64. The van der Waals surface area contributed by atoms with E-state index in [1.807, 2.05) is 38.2 Å². The van der Waals surface area contributed by atoms with Crippen LogP contribution in [-0.4, -0.2) is 28.6 Å². The summed E-state index contributed by atoms with van der Waals surface area (Å²) in [6.07, 6.45) is 11.5. The van der Waals surface area contributed by atoms with Crippen molar-refractivity contribution in [2.75, 3.05) is 19.0 Å². The van der Waals surface area contributed by atoms with Gasteiger partial charge < -0.3 is 4.90 Å². The van der Waals surface area contributed by atoms with Crippen LogP contribution in [-0.2, 0) is 0 Å². The lowest BCUT2D eigenvalue weighted by atomic mass is 9.96. The summed E-state index contributed by atoms with van der Waals surface area (Å²) in [5.74, 6) is 0.748. The maximum Gasteiger partial charge on any atom is 0.275 e. The van der Waals surface area contributed by atoms with Crippen molar-refractivity contribution in [3.63, 3.8) is 0 Å². The van der Waals surface area contributed by atoms with Gasteiger partial charge in [-0.1, -0.05) is 32.1 Å². The van der Waals surface area contributed by atoms with E-state index in [9.17, 15) is 4.79 Å². The van der Waals surface area contributed by atoms with Crippen molar-refractivity contribution in [3.05, 3.63) is 47.2 Å². The lowest BCUT2D eigenvalue weighted by Crippen LogP contribution is -2.15. The number of fused-ring (bicyclic) bond motifs is 3. The molecule has 0 radical (unpaired) electrons. The molecule has 0 aliphatic rings. The summed E-state index contributed by atoms with van der Waals surface area (Å²) >= 11 is 1.40. The summed E-state index contributed by atoms with van der Waals surface area (Å²) in [7, 11) is 3.96. The third kappa shape index (κ3) is 3.29. The Morgan fingerprint density at radius 3 is 2.62 bits per heavy atom. The first-order valence-corrected chi connectivity index (χ1v) is 9.52. The van der Waals surface area contributed by atoms with Crippen LogP contribution < -0.4 is 10.5 Å². The number of rotatable bonds is 5. The van der Waals surface area contributed by atoms with Gasteiger partial charge in [-0.2, -0.15) is 0 Å². The molecule has 0 aliphatic heterocycles. The van der Waals surface area contributed by atoms with Gasteiger partial charge in [-0.05, 0) is 24.8 Å². The summed E-state index contributed by atoms with van der Waals surface area (Å²) in [4.78, 5) is 24.8. The molecular formula is C20H24N4OS. The smallest absolute Gasteiger partial charge is 0.275 e.